The van der Waals surface area contributed by atoms with Gasteiger partial charge in [-0.1, -0.05) is 23.7 Å². The Labute approximate surface area is 104 Å². The number of aliphatic hydroxyl groups is 1. The number of nitrogens with zero attached hydrogens (tertiary/aromatic N) is 1. The van der Waals surface area contributed by atoms with Crippen molar-refractivity contribution in [3.8, 4) is 6.07 Å². The highest BCUT2D eigenvalue weighted by molar-refractivity contribution is 6.30. The van der Waals surface area contributed by atoms with Gasteiger partial charge in [0, 0.05) is 5.02 Å². The molecule has 5 heteroatoms. The number of carbonyl (C=O) groups is 1. The van der Waals surface area contributed by atoms with Crippen molar-refractivity contribution in [1.29, 1.82) is 5.26 Å². The molecule has 0 atom stereocenters. The smallest absolute Gasteiger partial charge is 0.374 e. The Balaban J connectivity index is 3.19. The third-order valence-corrected chi connectivity index (χ3v) is 2.17. The van der Waals surface area contributed by atoms with Gasteiger partial charge in [0.05, 0.1) is 6.61 Å². The molecule has 0 amide bonds. The van der Waals surface area contributed by atoms with Crippen LogP contribution in [0.1, 0.15) is 12.5 Å². The Kier molecular flexibility index (Phi) is 4.56. The Morgan fingerprint density at radius 1 is 1.59 bits per heavy atom. The van der Waals surface area contributed by atoms with Crippen molar-refractivity contribution in [2.24, 2.45) is 0 Å². The molecule has 0 heterocycles. The van der Waals surface area contributed by atoms with Gasteiger partial charge in [-0.3, -0.25) is 0 Å². The fraction of sp³-hybridized carbons (Fsp3) is 0.167. The van der Waals surface area contributed by atoms with E-state index in [9.17, 15) is 9.90 Å². The first-order valence-corrected chi connectivity index (χ1v) is 5.24. The van der Waals surface area contributed by atoms with Gasteiger partial charge in [-0.15, -0.1) is 0 Å². The zero-order valence-corrected chi connectivity index (χ0v) is 9.86. The van der Waals surface area contributed by atoms with Gasteiger partial charge < -0.3 is 9.84 Å². The summed E-state index contributed by atoms with van der Waals surface area (Å²) >= 11 is 5.76. The van der Waals surface area contributed by atoms with Crippen LogP contribution >= 0.6 is 11.6 Å². The molecule has 0 fully saturated rings. The van der Waals surface area contributed by atoms with Gasteiger partial charge >= 0.3 is 5.97 Å². The Hall–Kier alpha value is -1.99. The summed E-state index contributed by atoms with van der Waals surface area (Å²) in [7, 11) is 0. The maximum Gasteiger partial charge on any atom is 0.374 e. The first-order valence-electron chi connectivity index (χ1n) is 4.86. The monoisotopic (exact) mass is 251 g/mol. The lowest BCUT2D eigenvalue weighted by atomic mass is 10.1. The molecule has 0 radical (unpaired) electrons. The molecule has 0 saturated heterocycles. The Morgan fingerprint density at radius 2 is 2.29 bits per heavy atom. The highest BCUT2D eigenvalue weighted by atomic mass is 35.5. The van der Waals surface area contributed by atoms with Gasteiger partial charge in [0.2, 0.25) is 5.76 Å². The van der Waals surface area contributed by atoms with E-state index in [0.717, 1.165) is 0 Å². The number of carbonyl (C=O) groups excluding carboxylic acids is 1. The summed E-state index contributed by atoms with van der Waals surface area (Å²) in [5.41, 5.74) is 0.205. The molecule has 1 rings (SSSR count). The molecule has 0 aliphatic heterocycles. The van der Waals surface area contributed by atoms with Crippen LogP contribution in [-0.4, -0.2) is 17.7 Å². The third-order valence-electron chi connectivity index (χ3n) is 1.93. The lowest BCUT2D eigenvalue weighted by molar-refractivity contribution is -0.141. The van der Waals surface area contributed by atoms with E-state index in [1.165, 1.54) is 6.07 Å². The van der Waals surface area contributed by atoms with Crippen LogP contribution in [0, 0.1) is 11.3 Å². The van der Waals surface area contributed by atoms with Crippen LogP contribution in [0.3, 0.4) is 0 Å². The average Bonchev–Trinajstić information content (AvgIpc) is 2.30. The maximum absolute atomic E-state index is 11.3. The van der Waals surface area contributed by atoms with Gasteiger partial charge in [-0.05, 0) is 24.6 Å². The normalized spacial score (nSPS) is 11.4. The largest absolute Gasteiger partial charge is 0.501 e. The lowest BCUT2D eigenvalue weighted by Gasteiger charge is -2.04. The first kappa shape index (κ1) is 13.1. The van der Waals surface area contributed by atoms with Gasteiger partial charge in [0.25, 0.3) is 0 Å². The average molecular weight is 252 g/mol. The van der Waals surface area contributed by atoms with E-state index in [1.54, 1.807) is 31.2 Å². The van der Waals surface area contributed by atoms with Crippen LogP contribution in [0.15, 0.2) is 30.0 Å². The van der Waals surface area contributed by atoms with Crippen LogP contribution in [0.25, 0.3) is 5.57 Å². The van der Waals surface area contributed by atoms with Crippen molar-refractivity contribution in [3.05, 3.63) is 40.6 Å². The Morgan fingerprint density at radius 3 is 2.82 bits per heavy atom. The number of nitriles is 1. The molecule has 0 aromatic heterocycles. The van der Waals surface area contributed by atoms with Gasteiger partial charge in [0.15, 0.2) is 0 Å². The highest BCUT2D eigenvalue weighted by Gasteiger charge is 2.17. The molecule has 0 aliphatic carbocycles. The second-order valence-electron chi connectivity index (χ2n) is 3.07. The van der Waals surface area contributed by atoms with Crippen molar-refractivity contribution < 1.29 is 14.6 Å². The maximum atomic E-state index is 11.3. The number of benzene rings is 1. The third kappa shape index (κ3) is 3.23. The Bertz CT molecular complexity index is 503. The molecule has 1 aromatic carbocycles. The summed E-state index contributed by atoms with van der Waals surface area (Å²) in [6.07, 6.45) is 0. The number of halogens is 1. The summed E-state index contributed by atoms with van der Waals surface area (Å²) in [5.74, 6) is -1.64. The van der Waals surface area contributed by atoms with Crippen LogP contribution in [-0.2, 0) is 9.53 Å². The van der Waals surface area contributed by atoms with E-state index < -0.39 is 11.7 Å². The summed E-state index contributed by atoms with van der Waals surface area (Å²) < 4.78 is 4.61. The lowest BCUT2D eigenvalue weighted by Crippen LogP contribution is -2.09. The number of hydrogen-bond acceptors (Lipinski definition) is 4. The molecule has 88 valence electrons. The summed E-state index contributed by atoms with van der Waals surface area (Å²) in [6.45, 7) is 1.73. The molecule has 0 saturated carbocycles. The second kappa shape index (κ2) is 5.92. The van der Waals surface area contributed by atoms with Crippen molar-refractivity contribution in [2.45, 2.75) is 6.92 Å². The fourth-order valence-electron chi connectivity index (χ4n) is 1.20. The minimum atomic E-state index is -0.927. The number of ether oxygens (including phenoxy) is 1. The van der Waals surface area contributed by atoms with Crippen molar-refractivity contribution >= 4 is 23.1 Å². The topological polar surface area (TPSA) is 70.3 Å². The second-order valence-corrected chi connectivity index (χ2v) is 3.50. The molecule has 0 spiro atoms. The molecular weight excluding hydrogens is 242 g/mol. The predicted molar refractivity (Wildman–Crippen MR) is 63.2 cm³/mol. The molecule has 0 aliphatic rings. The van der Waals surface area contributed by atoms with Gasteiger partial charge in [-0.25, -0.2) is 4.79 Å². The molecule has 17 heavy (non-hydrogen) atoms. The SMILES string of the molecule is CCOC(=O)C(O)=C(C#N)c1cccc(Cl)c1. The molecule has 4 nitrogen and oxygen atoms in total. The van der Waals surface area contributed by atoms with Crippen LogP contribution in [0.5, 0.6) is 0 Å². The van der Waals surface area contributed by atoms with E-state index in [-0.39, 0.29) is 12.2 Å². The zero-order chi connectivity index (χ0) is 12.8. The molecule has 1 N–H and O–H groups in total. The van der Waals surface area contributed by atoms with E-state index >= 15 is 0 Å². The summed E-state index contributed by atoms with van der Waals surface area (Å²) in [5, 5.41) is 18.9. The van der Waals surface area contributed by atoms with E-state index in [0.29, 0.717) is 10.6 Å². The zero-order valence-electron chi connectivity index (χ0n) is 9.11. The van der Waals surface area contributed by atoms with Crippen molar-refractivity contribution in [3.63, 3.8) is 0 Å². The number of hydrogen-bond donors (Lipinski definition) is 1. The number of allylic oxidation sites excluding steroid dienone is 1. The quantitative estimate of drug-likeness (QED) is 0.388. The number of aliphatic hydroxyl groups excluding tert-OH is 1. The standard InChI is InChI=1S/C12H10ClNO3/c1-2-17-12(16)11(15)10(7-14)8-4-3-5-9(13)6-8/h3-6,15H,2H2,1H3. The molecule has 0 unspecified atom stereocenters. The van der Waals surface area contributed by atoms with Crippen LogP contribution in [0.4, 0.5) is 0 Å². The molecular formula is C12H10ClNO3. The van der Waals surface area contributed by atoms with E-state index in [1.807, 2.05) is 0 Å². The van der Waals surface area contributed by atoms with Gasteiger partial charge in [0.1, 0.15) is 11.6 Å². The minimum absolute atomic E-state index is 0.122. The first-order chi connectivity index (χ1) is 8.10. The minimum Gasteiger partial charge on any atom is -0.501 e. The van der Waals surface area contributed by atoms with Crippen LogP contribution < -0.4 is 0 Å². The van der Waals surface area contributed by atoms with E-state index in [2.05, 4.69) is 4.74 Å². The number of esters is 1. The van der Waals surface area contributed by atoms with Gasteiger partial charge in [-0.2, -0.15) is 5.26 Å². The molecule has 0 bridgehead atoms. The van der Waals surface area contributed by atoms with Crippen LogP contribution in [0.2, 0.25) is 5.02 Å². The predicted octanol–water partition coefficient (Wildman–Crippen LogP) is 2.70. The van der Waals surface area contributed by atoms with E-state index in [4.69, 9.17) is 16.9 Å². The summed E-state index contributed by atoms with van der Waals surface area (Å²) in [4.78, 5) is 11.3. The number of rotatable bonds is 3. The molecule has 1 aromatic rings. The van der Waals surface area contributed by atoms with Crippen molar-refractivity contribution in [2.75, 3.05) is 6.61 Å². The highest BCUT2D eigenvalue weighted by Crippen LogP contribution is 2.21. The van der Waals surface area contributed by atoms with Crippen molar-refractivity contribution in [1.82, 2.24) is 0 Å². The fourth-order valence-corrected chi connectivity index (χ4v) is 1.39. The summed E-state index contributed by atoms with van der Waals surface area (Å²) in [6, 6.07) is 8.05.